The highest BCUT2D eigenvalue weighted by Gasteiger charge is 2.50. The van der Waals surface area contributed by atoms with Crippen LogP contribution < -0.4 is 10.4 Å². The van der Waals surface area contributed by atoms with E-state index in [0.29, 0.717) is 6.42 Å². The van der Waals surface area contributed by atoms with Crippen LogP contribution in [0.15, 0.2) is 72.8 Å². The second-order valence-electron chi connectivity index (χ2n) is 10.2. The summed E-state index contributed by atoms with van der Waals surface area (Å²) < 4.78 is 17.3. The summed E-state index contributed by atoms with van der Waals surface area (Å²) in [5, 5.41) is 2.64. The number of benzene rings is 2. The molecule has 0 radical (unpaired) electrons. The van der Waals surface area contributed by atoms with Gasteiger partial charge in [-0.25, -0.2) is 0 Å². The SMILES string of the molecule is COC(=O)C[C@H](CC/C=C/CCC[C@H](C)O[Si](c1ccccc1)(c1ccccc1)C(C)(C)C)OC. The van der Waals surface area contributed by atoms with Crippen molar-refractivity contribution in [2.24, 2.45) is 0 Å². The van der Waals surface area contributed by atoms with Crippen LogP contribution in [0.3, 0.4) is 0 Å². The highest BCUT2D eigenvalue weighted by Crippen LogP contribution is 2.37. The van der Waals surface area contributed by atoms with E-state index in [-0.39, 0.29) is 23.2 Å². The highest BCUT2D eigenvalue weighted by molar-refractivity contribution is 6.99. The summed E-state index contributed by atoms with van der Waals surface area (Å²) in [6.45, 7) is 9.19. The summed E-state index contributed by atoms with van der Waals surface area (Å²) in [5.41, 5.74) is 0. The monoisotopic (exact) mass is 496 g/mol. The number of carbonyl (C=O) groups excluding carboxylic acids is 1. The molecule has 0 saturated carbocycles. The number of hydrogen-bond donors (Lipinski definition) is 0. The first-order chi connectivity index (χ1) is 16.7. The molecule has 0 aromatic heterocycles. The zero-order valence-electron chi connectivity index (χ0n) is 22.5. The Morgan fingerprint density at radius 2 is 1.43 bits per heavy atom. The smallest absolute Gasteiger partial charge is 0.308 e. The number of rotatable bonds is 14. The number of carbonyl (C=O) groups is 1. The maximum absolute atomic E-state index is 11.4. The number of methoxy groups -OCH3 is 2. The van der Waals surface area contributed by atoms with Gasteiger partial charge in [-0.1, -0.05) is 93.6 Å². The van der Waals surface area contributed by atoms with Gasteiger partial charge in [0.25, 0.3) is 8.32 Å². The predicted octanol–water partition coefficient (Wildman–Crippen LogP) is 6.04. The third kappa shape index (κ3) is 8.45. The molecule has 5 heteroatoms. The summed E-state index contributed by atoms with van der Waals surface area (Å²) in [6, 6.07) is 21.6. The van der Waals surface area contributed by atoms with Gasteiger partial charge in [0, 0.05) is 13.2 Å². The molecule has 0 bridgehead atoms. The van der Waals surface area contributed by atoms with Crippen LogP contribution in [0.1, 0.15) is 66.2 Å². The molecular formula is C30H44O4Si. The molecule has 4 nitrogen and oxygen atoms in total. The number of hydrogen-bond acceptors (Lipinski definition) is 4. The third-order valence-corrected chi connectivity index (χ3v) is 11.7. The first-order valence-electron chi connectivity index (χ1n) is 12.8. The predicted molar refractivity (Wildman–Crippen MR) is 148 cm³/mol. The van der Waals surface area contributed by atoms with Gasteiger partial charge in [0.15, 0.2) is 0 Å². The number of allylic oxidation sites excluding steroid dienone is 2. The molecule has 0 unspecified atom stereocenters. The van der Waals surface area contributed by atoms with Crippen LogP contribution in [0, 0.1) is 0 Å². The third-order valence-electron chi connectivity index (χ3n) is 6.55. The summed E-state index contributed by atoms with van der Waals surface area (Å²) in [4.78, 5) is 11.4. The normalized spacial score (nSPS) is 14.1. The van der Waals surface area contributed by atoms with Gasteiger partial charge < -0.3 is 13.9 Å². The van der Waals surface area contributed by atoms with Crippen molar-refractivity contribution in [3.05, 3.63) is 72.8 Å². The van der Waals surface area contributed by atoms with Crippen LogP contribution in [0.2, 0.25) is 5.04 Å². The Morgan fingerprint density at radius 1 is 0.886 bits per heavy atom. The molecule has 0 aliphatic carbocycles. The molecule has 0 aliphatic rings. The van der Waals surface area contributed by atoms with Crippen molar-refractivity contribution in [3.8, 4) is 0 Å². The Balaban J connectivity index is 1.99. The van der Waals surface area contributed by atoms with Crippen LogP contribution in [-0.4, -0.2) is 40.7 Å². The topological polar surface area (TPSA) is 44.8 Å². The van der Waals surface area contributed by atoms with Gasteiger partial charge in [-0.3, -0.25) is 4.79 Å². The van der Waals surface area contributed by atoms with Crippen LogP contribution in [0.5, 0.6) is 0 Å². The average molecular weight is 497 g/mol. The molecule has 0 spiro atoms. The second kappa shape index (κ2) is 14.4. The van der Waals surface area contributed by atoms with Gasteiger partial charge in [-0.05, 0) is 54.4 Å². The van der Waals surface area contributed by atoms with E-state index >= 15 is 0 Å². The molecule has 0 heterocycles. The maximum Gasteiger partial charge on any atom is 0.308 e. The first kappa shape index (κ1) is 29.0. The molecule has 0 saturated heterocycles. The van der Waals surface area contributed by atoms with E-state index in [1.807, 2.05) is 0 Å². The fraction of sp³-hybridized carbons (Fsp3) is 0.500. The van der Waals surface area contributed by atoms with E-state index in [9.17, 15) is 4.79 Å². The Morgan fingerprint density at radius 3 is 1.91 bits per heavy atom. The molecule has 2 atom stereocenters. The number of ether oxygens (including phenoxy) is 2. The minimum atomic E-state index is -2.50. The fourth-order valence-electron chi connectivity index (χ4n) is 4.67. The van der Waals surface area contributed by atoms with Crippen LogP contribution in [-0.2, 0) is 18.7 Å². The van der Waals surface area contributed by atoms with E-state index in [1.54, 1.807) is 7.11 Å². The Labute approximate surface area is 213 Å². The van der Waals surface area contributed by atoms with Gasteiger partial charge in [-0.2, -0.15) is 0 Å². The quantitative estimate of drug-likeness (QED) is 0.138. The van der Waals surface area contributed by atoms with Gasteiger partial charge in [0.2, 0.25) is 0 Å². The van der Waals surface area contributed by atoms with Crippen LogP contribution in [0.25, 0.3) is 0 Å². The zero-order valence-corrected chi connectivity index (χ0v) is 23.5. The summed E-state index contributed by atoms with van der Waals surface area (Å²) >= 11 is 0. The lowest BCUT2D eigenvalue weighted by Crippen LogP contribution is -2.67. The molecule has 0 amide bonds. The minimum absolute atomic E-state index is 0.00798. The molecule has 192 valence electrons. The van der Waals surface area contributed by atoms with Gasteiger partial charge in [-0.15, -0.1) is 0 Å². The number of unbranched alkanes of at least 4 members (excludes halogenated alkanes) is 1. The molecule has 2 aromatic carbocycles. The maximum atomic E-state index is 11.4. The Hall–Kier alpha value is -2.21. The van der Waals surface area contributed by atoms with E-state index in [4.69, 9.17) is 13.9 Å². The largest absolute Gasteiger partial charge is 0.469 e. The van der Waals surface area contributed by atoms with E-state index in [2.05, 4.69) is 101 Å². The average Bonchev–Trinajstić information content (AvgIpc) is 2.86. The second-order valence-corrected chi connectivity index (χ2v) is 14.5. The molecule has 0 N–H and O–H groups in total. The standard InChI is InChI=1S/C30H44O4Si/c1-25(18-12-8-7-9-13-19-26(32-5)24-29(31)33-6)34-35(30(2,3)4,27-20-14-10-15-21-27)28-22-16-11-17-23-28/h7,9-11,14-17,20-23,25-26H,8,12-13,18-19,24H2,1-6H3/b9-7+/t25-,26-/m0/s1. The molecule has 2 aromatic rings. The lowest BCUT2D eigenvalue weighted by molar-refractivity contribution is -0.143. The van der Waals surface area contributed by atoms with Crippen molar-refractivity contribution in [1.82, 2.24) is 0 Å². The molecule has 35 heavy (non-hydrogen) atoms. The minimum Gasteiger partial charge on any atom is -0.469 e. The van der Waals surface area contributed by atoms with Crippen LogP contribution >= 0.6 is 0 Å². The molecule has 0 fully saturated rings. The Kier molecular flexibility index (Phi) is 11.9. The van der Waals surface area contributed by atoms with E-state index < -0.39 is 8.32 Å². The van der Waals surface area contributed by atoms with Crippen molar-refractivity contribution >= 4 is 24.7 Å². The highest BCUT2D eigenvalue weighted by atomic mass is 28.4. The van der Waals surface area contributed by atoms with Crippen molar-refractivity contribution in [3.63, 3.8) is 0 Å². The fourth-order valence-corrected chi connectivity index (χ4v) is 9.40. The zero-order chi connectivity index (χ0) is 25.7. The van der Waals surface area contributed by atoms with Crippen molar-refractivity contribution < 1.29 is 18.7 Å². The van der Waals surface area contributed by atoms with Crippen molar-refractivity contribution in [2.75, 3.05) is 14.2 Å². The van der Waals surface area contributed by atoms with Crippen LogP contribution in [0.4, 0.5) is 0 Å². The summed E-state index contributed by atoms with van der Waals surface area (Å²) in [7, 11) is 0.557. The lowest BCUT2D eigenvalue weighted by Gasteiger charge is -2.44. The summed E-state index contributed by atoms with van der Waals surface area (Å²) in [5.74, 6) is -0.226. The van der Waals surface area contributed by atoms with Crippen molar-refractivity contribution in [2.45, 2.75) is 83.5 Å². The summed E-state index contributed by atoms with van der Waals surface area (Å²) in [6.07, 6.45) is 9.61. The lowest BCUT2D eigenvalue weighted by atomic mass is 10.1. The van der Waals surface area contributed by atoms with Gasteiger partial charge in [0.05, 0.1) is 19.6 Å². The van der Waals surface area contributed by atoms with E-state index in [0.717, 1.165) is 32.1 Å². The first-order valence-corrected chi connectivity index (χ1v) is 14.7. The van der Waals surface area contributed by atoms with Gasteiger partial charge in [0.1, 0.15) is 0 Å². The Bertz CT molecular complexity index is 850. The molecular weight excluding hydrogens is 452 g/mol. The van der Waals surface area contributed by atoms with Crippen molar-refractivity contribution in [1.29, 1.82) is 0 Å². The van der Waals surface area contributed by atoms with E-state index in [1.165, 1.54) is 17.5 Å². The molecule has 2 rings (SSSR count). The molecule has 0 aliphatic heterocycles. The van der Waals surface area contributed by atoms with Gasteiger partial charge >= 0.3 is 5.97 Å². The number of esters is 1.